The third-order valence-corrected chi connectivity index (χ3v) is 4.67. The molecular formula is C24H35N3O4S. The Morgan fingerprint density at radius 3 is 2.19 bits per heavy atom. The van der Waals surface area contributed by atoms with Crippen LogP contribution in [0.2, 0.25) is 0 Å². The standard InChI is InChI=1S/C24H35N3O4S/c1-8-14-27(22(29)19(15-32)26-23(30)31-24(5,6)7)20(21(28)25-16(3)4)18-12-10-17(9-2)11-13-18/h2,10-13,16,19-20,32H,8,14-15H2,1,3-7H3,(H,25,28)(H,26,30). The van der Waals surface area contributed by atoms with E-state index in [1.807, 2.05) is 20.8 Å². The average molecular weight is 462 g/mol. The highest BCUT2D eigenvalue weighted by Crippen LogP contribution is 2.24. The number of nitrogens with one attached hydrogen (secondary N) is 2. The first kappa shape index (κ1) is 27.4. The summed E-state index contributed by atoms with van der Waals surface area (Å²) in [4.78, 5) is 40.4. The van der Waals surface area contributed by atoms with Crippen molar-refractivity contribution < 1.29 is 19.1 Å². The summed E-state index contributed by atoms with van der Waals surface area (Å²) in [5.41, 5.74) is 0.583. The molecule has 1 aromatic rings. The molecule has 2 atom stereocenters. The van der Waals surface area contributed by atoms with E-state index in [1.54, 1.807) is 45.0 Å². The van der Waals surface area contributed by atoms with Crippen LogP contribution in [0.25, 0.3) is 0 Å². The molecule has 0 aliphatic carbocycles. The number of hydrogen-bond acceptors (Lipinski definition) is 5. The molecule has 0 spiro atoms. The lowest BCUT2D eigenvalue weighted by Crippen LogP contribution is -2.54. The normalized spacial score (nSPS) is 13.0. The molecule has 1 aromatic carbocycles. The number of nitrogens with zero attached hydrogens (tertiary/aromatic N) is 1. The van der Waals surface area contributed by atoms with Crippen molar-refractivity contribution in [2.24, 2.45) is 0 Å². The second-order valence-electron chi connectivity index (χ2n) is 8.75. The molecule has 8 heteroatoms. The lowest BCUT2D eigenvalue weighted by Gasteiger charge is -2.34. The zero-order chi connectivity index (χ0) is 24.5. The van der Waals surface area contributed by atoms with Crippen LogP contribution in [-0.2, 0) is 14.3 Å². The third kappa shape index (κ3) is 8.46. The summed E-state index contributed by atoms with van der Waals surface area (Å²) in [6.45, 7) is 11.1. The van der Waals surface area contributed by atoms with Gasteiger partial charge in [0.25, 0.3) is 0 Å². The van der Waals surface area contributed by atoms with Crippen LogP contribution in [-0.4, -0.2) is 52.8 Å². The van der Waals surface area contributed by atoms with E-state index < -0.39 is 29.7 Å². The van der Waals surface area contributed by atoms with Crippen LogP contribution in [0.3, 0.4) is 0 Å². The summed E-state index contributed by atoms with van der Waals surface area (Å²) in [5, 5.41) is 5.47. The molecule has 0 saturated heterocycles. The minimum Gasteiger partial charge on any atom is -0.444 e. The van der Waals surface area contributed by atoms with E-state index in [0.29, 0.717) is 24.1 Å². The van der Waals surface area contributed by atoms with E-state index in [1.165, 1.54) is 4.90 Å². The Morgan fingerprint density at radius 2 is 1.75 bits per heavy atom. The molecule has 7 nitrogen and oxygen atoms in total. The van der Waals surface area contributed by atoms with Gasteiger partial charge in [-0.15, -0.1) is 6.42 Å². The molecule has 176 valence electrons. The number of amides is 3. The highest BCUT2D eigenvalue weighted by atomic mass is 32.1. The van der Waals surface area contributed by atoms with Crippen LogP contribution in [0.4, 0.5) is 4.79 Å². The summed E-state index contributed by atoms with van der Waals surface area (Å²) < 4.78 is 5.28. The fraction of sp³-hybridized carbons (Fsp3) is 0.542. The van der Waals surface area contributed by atoms with Gasteiger partial charge in [-0.2, -0.15) is 12.6 Å². The summed E-state index contributed by atoms with van der Waals surface area (Å²) >= 11 is 4.25. The SMILES string of the molecule is C#Cc1ccc(C(C(=O)NC(C)C)N(CCC)C(=O)C(CS)NC(=O)OC(C)(C)C)cc1. The van der Waals surface area contributed by atoms with Gasteiger partial charge in [-0.05, 0) is 58.7 Å². The quantitative estimate of drug-likeness (QED) is 0.389. The van der Waals surface area contributed by atoms with E-state index >= 15 is 0 Å². The average Bonchev–Trinajstić information content (AvgIpc) is 2.69. The Hall–Kier alpha value is -2.66. The molecule has 0 bridgehead atoms. The van der Waals surface area contributed by atoms with Crippen LogP contribution in [0, 0.1) is 12.3 Å². The maximum atomic E-state index is 13.5. The van der Waals surface area contributed by atoms with Crippen LogP contribution in [0.15, 0.2) is 24.3 Å². The van der Waals surface area contributed by atoms with Crippen molar-refractivity contribution in [3.8, 4) is 12.3 Å². The van der Waals surface area contributed by atoms with E-state index in [-0.39, 0.29) is 17.7 Å². The molecule has 0 aliphatic heterocycles. The molecule has 0 aromatic heterocycles. The molecule has 2 unspecified atom stereocenters. The van der Waals surface area contributed by atoms with Gasteiger partial charge in [-0.25, -0.2) is 4.79 Å². The van der Waals surface area contributed by atoms with Crippen molar-refractivity contribution in [2.45, 2.75) is 71.7 Å². The zero-order valence-corrected chi connectivity index (χ0v) is 20.7. The molecule has 3 amide bonds. The molecule has 0 saturated carbocycles. The number of carbonyl (C=O) groups excluding carboxylic acids is 3. The van der Waals surface area contributed by atoms with Crippen LogP contribution in [0.1, 0.15) is 65.1 Å². The minimum absolute atomic E-state index is 0.0485. The third-order valence-electron chi connectivity index (χ3n) is 4.30. The smallest absolute Gasteiger partial charge is 0.408 e. The number of terminal acetylenes is 1. The van der Waals surface area contributed by atoms with Gasteiger partial charge in [0, 0.05) is 23.9 Å². The number of thiol groups is 1. The van der Waals surface area contributed by atoms with E-state index in [2.05, 4.69) is 29.2 Å². The Morgan fingerprint density at radius 1 is 1.16 bits per heavy atom. The first-order chi connectivity index (χ1) is 14.9. The van der Waals surface area contributed by atoms with Gasteiger partial charge in [0.2, 0.25) is 11.8 Å². The Balaban J connectivity index is 3.32. The van der Waals surface area contributed by atoms with Crippen molar-refractivity contribution in [1.29, 1.82) is 0 Å². The number of alkyl carbamates (subject to hydrolysis) is 1. The monoisotopic (exact) mass is 461 g/mol. The molecule has 0 fully saturated rings. The van der Waals surface area contributed by atoms with Crippen molar-refractivity contribution in [1.82, 2.24) is 15.5 Å². The fourth-order valence-corrected chi connectivity index (χ4v) is 3.29. The second-order valence-corrected chi connectivity index (χ2v) is 9.11. The largest absolute Gasteiger partial charge is 0.444 e. The van der Waals surface area contributed by atoms with E-state index in [0.717, 1.165) is 0 Å². The van der Waals surface area contributed by atoms with Gasteiger partial charge in [0.05, 0.1) is 0 Å². The predicted octanol–water partition coefficient (Wildman–Crippen LogP) is 3.30. The number of carbonyl (C=O) groups is 3. The highest BCUT2D eigenvalue weighted by Gasteiger charge is 2.35. The van der Waals surface area contributed by atoms with Gasteiger partial charge in [0.15, 0.2) is 0 Å². The number of rotatable bonds is 9. The minimum atomic E-state index is -0.959. The van der Waals surface area contributed by atoms with Crippen LogP contribution in [0.5, 0.6) is 0 Å². The van der Waals surface area contributed by atoms with Gasteiger partial charge in [-0.1, -0.05) is 25.0 Å². The molecule has 0 aliphatic rings. The maximum Gasteiger partial charge on any atom is 0.408 e. The zero-order valence-electron chi connectivity index (χ0n) is 19.8. The molecule has 0 radical (unpaired) electrons. The molecule has 1 rings (SSSR count). The van der Waals surface area contributed by atoms with Crippen molar-refractivity contribution in [3.05, 3.63) is 35.4 Å². The van der Waals surface area contributed by atoms with Crippen molar-refractivity contribution in [3.63, 3.8) is 0 Å². The summed E-state index contributed by atoms with van der Waals surface area (Å²) in [5.74, 6) is 1.86. The summed E-state index contributed by atoms with van der Waals surface area (Å²) in [6, 6.07) is 4.98. The molecule has 0 heterocycles. The predicted molar refractivity (Wildman–Crippen MR) is 129 cm³/mol. The van der Waals surface area contributed by atoms with Gasteiger partial charge >= 0.3 is 6.09 Å². The van der Waals surface area contributed by atoms with Gasteiger partial charge in [0.1, 0.15) is 17.7 Å². The second kappa shape index (κ2) is 12.4. The summed E-state index contributed by atoms with van der Waals surface area (Å²) in [7, 11) is 0. The molecule has 32 heavy (non-hydrogen) atoms. The van der Waals surface area contributed by atoms with Crippen molar-refractivity contribution in [2.75, 3.05) is 12.3 Å². The van der Waals surface area contributed by atoms with Crippen LogP contribution >= 0.6 is 12.6 Å². The van der Waals surface area contributed by atoms with Gasteiger partial charge in [-0.3, -0.25) is 9.59 Å². The summed E-state index contributed by atoms with van der Waals surface area (Å²) in [6.07, 6.45) is 5.35. The Kier molecular flexibility index (Phi) is 10.6. The molecular weight excluding hydrogens is 426 g/mol. The fourth-order valence-electron chi connectivity index (χ4n) is 3.04. The number of hydrogen-bond donors (Lipinski definition) is 3. The number of ether oxygens (including phenoxy) is 1. The van der Waals surface area contributed by atoms with E-state index in [9.17, 15) is 14.4 Å². The maximum absolute atomic E-state index is 13.5. The Labute approximate surface area is 197 Å². The number of benzene rings is 1. The topological polar surface area (TPSA) is 87.7 Å². The Bertz CT molecular complexity index is 825. The van der Waals surface area contributed by atoms with Gasteiger partial charge < -0.3 is 20.3 Å². The first-order valence-electron chi connectivity index (χ1n) is 10.7. The highest BCUT2D eigenvalue weighted by molar-refractivity contribution is 7.80. The lowest BCUT2D eigenvalue weighted by molar-refractivity contribution is -0.142. The first-order valence-corrected chi connectivity index (χ1v) is 11.3. The van der Waals surface area contributed by atoms with E-state index in [4.69, 9.17) is 11.2 Å². The van der Waals surface area contributed by atoms with Crippen molar-refractivity contribution >= 4 is 30.5 Å². The van der Waals surface area contributed by atoms with Crippen LogP contribution < -0.4 is 10.6 Å². The molecule has 2 N–H and O–H groups in total. The lowest BCUT2D eigenvalue weighted by atomic mass is 10.0.